The van der Waals surface area contributed by atoms with Gasteiger partial charge in [0.15, 0.2) is 0 Å². The first-order chi connectivity index (χ1) is 25.6. The molecule has 5 atom stereocenters. The molecule has 0 spiro atoms. The van der Waals surface area contributed by atoms with Crippen molar-refractivity contribution >= 4 is 5.97 Å². The van der Waals surface area contributed by atoms with Gasteiger partial charge in [-0.2, -0.15) is 0 Å². The minimum atomic E-state index is -0.612. The maximum Gasteiger partial charge on any atom is 0.338 e. The van der Waals surface area contributed by atoms with Crippen molar-refractivity contribution in [3.05, 3.63) is 173 Å². The van der Waals surface area contributed by atoms with Gasteiger partial charge >= 0.3 is 5.97 Å². The van der Waals surface area contributed by atoms with E-state index in [0.29, 0.717) is 32.0 Å². The van der Waals surface area contributed by atoms with Crippen LogP contribution in [0.1, 0.15) is 45.1 Å². The Morgan fingerprint density at radius 1 is 0.596 bits per heavy atom. The number of carbonyl (C=O) groups is 1. The van der Waals surface area contributed by atoms with Crippen LogP contribution >= 0.6 is 0 Å². The van der Waals surface area contributed by atoms with Crippen LogP contribution in [-0.4, -0.2) is 54.8 Å². The van der Waals surface area contributed by atoms with Crippen molar-refractivity contribution in [2.24, 2.45) is 0 Å². The molecule has 270 valence electrons. The van der Waals surface area contributed by atoms with Gasteiger partial charge in [-0.15, -0.1) is 0 Å². The third kappa shape index (κ3) is 10.4. The van der Waals surface area contributed by atoms with E-state index >= 15 is 0 Å². The molecule has 1 saturated heterocycles. The summed E-state index contributed by atoms with van der Waals surface area (Å²) < 4.78 is 38.7. The molecule has 8 heteroatoms. The Morgan fingerprint density at radius 2 is 1.06 bits per heavy atom. The highest BCUT2D eigenvalue weighted by Crippen LogP contribution is 2.34. The van der Waals surface area contributed by atoms with Gasteiger partial charge in [0.25, 0.3) is 0 Å². The number of ether oxygens (including phenoxy) is 6. The largest absolute Gasteiger partial charge is 0.508 e. The minimum absolute atomic E-state index is 0.0305. The summed E-state index contributed by atoms with van der Waals surface area (Å²) in [6.07, 6.45) is -2.62. The molecule has 52 heavy (non-hydrogen) atoms. The summed E-state index contributed by atoms with van der Waals surface area (Å²) >= 11 is 0. The van der Waals surface area contributed by atoms with Gasteiger partial charge in [0.2, 0.25) is 0 Å². The molecule has 5 aromatic rings. The third-order valence-corrected chi connectivity index (χ3v) is 9.00. The molecule has 8 nitrogen and oxygen atoms in total. The summed E-state index contributed by atoms with van der Waals surface area (Å²) in [6, 6.07) is 44.8. The summed E-state index contributed by atoms with van der Waals surface area (Å²) in [5.74, 6) is -0.525. The molecule has 6 rings (SSSR count). The van der Waals surface area contributed by atoms with Gasteiger partial charge in [0.05, 0.1) is 51.3 Å². The molecule has 1 aliphatic rings. The molecular formula is C44H46O8. The van der Waals surface area contributed by atoms with Gasteiger partial charge in [-0.1, -0.05) is 127 Å². The summed E-state index contributed by atoms with van der Waals surface area (Å²) in [7, 11) is 0. The summed E-state index contributed by atoms with van der Waals surface area (Å²) in [5, 5.41) is 11.2. The number of phenolic OH excluding ortho intramolecular Hbond substituents is 1. The van der Waals surface area contributed by atoms with Crippen LogP contribution in [0.3, 0.4) is 0 Å². The van der Waals surface area contributed by atoms with Gasteiger partial charge in [0.1, 0.15) is 30.2 Å². The molecule has 0 bridgehead atoms. The molecule has 0 amide bonds. The maximum absolute atomic E-state index is 12.4. The molecule has 1 N–H and O–H groups in total. The molecule has 1 aliphatic heterocycles. The highest BCUT2D eigenvalue weighted by molar-refractivity contribution is 5.90. The van der Waals surface area contributed by atoms with Crippen LogP contribution in [0.5, 0.6) is 5.75 Å². The van der Waals surface area contributed by atoms with Crippen LogP contribution < -0.4 is 0 Å². The Kier molecular flexibility index (Phi) is 13.6. The maximum atomic E-state index is 12.4. The van der Waals surface area contributed by atoms with E-state index in [-0.39, 0.29) is 30.9 Å². The van der Waals surface area contributed by atoms with Crippen LogP contribution in [0.2, 0.25) is 0 Å². The number of hydrogen-bond acceptors (Lipinski definition) is 8. The average molecular weight is 703 g/mol. The first kappa shape index (κ1) is 36.9. The van der Waals surface area contributed by atoms with Gasteiger partial charge in [-0.05, 0) is 46.9 Å². The highest BCUT2D eigenvalue weighted by Gasteiger charge is 2.48. The second kappa shape index (κ2) is 19.1. The van der Waals surface area contributed by atoms with E-state index in [1.165, 1.54) is 6.07 Å². The molecule has 0 saturated carbocycles. The zero-order valence-electron chi connectivity index (χ0n) is 29.4. The van der Waals surface area contributed by atoms with Crippen molar-refractivity contribution in [2.75, 3.05) is 13.2 Å². The first-order valence-corrected chi connectivity index (χ1v) is 17.8. The summed E-state index contributed by atoms with van der Waals surface area (Å²) in [4.78, 5) is 12.4. The predicted molar refractivity (Wildman–Crippen MR) is 198 cm³/mol. The average Bonchev–Trinajstić information content (AvgIpc) is 3.18. The fourth-order valence-electron chi connectivity index (χ4n) is 6.34. The van der Waals surface area contributed by atoms with Crippen molar-refractivity contribution in [1.82, 2.24) is 0 Å². The Bertz CT molecular complexity index is 1790. The first-order valence-electron chi connectivity index (χ1n) is 17.8. The minimum Gasteiger partial charge on any atom is -0.508 e. The molecule has 1 heterocycles. The van der Waals surface area contributed by atoms with E-state index in [2.05, 4.69) is 0 Å². The lowest BCUT2D eigenvalue weighted by Gasteiger charge is -2.46. The second-order valence-electron chi connectivity index (χ2n) is 12.8. The number of benzene rings is 5. The van der Waals surface area contributed by atoms with Crippen molar-refractivity contribution < 1.29 is 38.3 Å². The second-order valence-corrected chi connectivity index (χ2v) is 12.8. The zero-order valence-corrected chi connectivity index (χ0v) is 29.4. The van der Waals surface area contributed by atoms with E-state index < -0.39 is 36.5 Å². The van der Waals surface area contributed by atoms with Crippen molar-refractivity contribution in [3.63, 3.8) is 0 Å². The number of rotatable bonds is 17. The number of carbonyl (C=O) groups excluding carboxylic acids is 1. The van der Waals surface area contributed by atoms with Gasteiger partial charge < -0.3 is 33.5 Å². The highest BCUT2D eigenvalue weighted by atomic mass is 16.6. The number of hydrogen-bond donors (Lipinski definition) is 1. The Morgan fingerprint density at radius 3 is 1.54 bits per heavy atom. The van der Waals surface area contributed by atoms with E-state index in [0.717, 1.165) is 22.3 Å². The van der Waals surface area contributed by atoms with Crippen LogP contribution in [0.4, 0.5) is 0 Å². The lowest BCUT2D eigenvalue weighted by Crippen LogP contribution is -2.61. The fourth-order valence-corrected chi connectivity index (χ4v) is 6.34. The molecule has 0 aromatic heterocycles. The molecule has 0 radical (unpaired) electrons. The van der Waals surface area contributed by atoms with Crippen LogP contribution in [0.25, 0.3) is 0 Å². The van der Waals surface area contributed by atoms with E-state index in [4.69, 9.17) is 28.4 Å². The van der Waals surface area contributed by atoms with Gasteiger partial charge in [-0.3, -0.25) is 0 Å². The van der Waals surface area contributed by atoms with Crippen LogP contribution in [0.15, 0.2) is 140 Å². The lowest BCUT2D eigenvalue weighted by molar-refractivity contribution is -0.272. The summed E-state index contributed by atoms with van der Waals surface area (Å²) in [5.41, 5.74) is 4.95. The quantitative estimate of drug-likeness (QED) is 0.0980. The summed E-state index contributed by atoms with van der Waals surface area (Å²) in [6.45, 7) is 3.59. The van der Waals surface area contributed by atoms with E-state index in [1.54, 1.807) is 19.1 Å². The predicted octanol–water partition coefficient (Wildman–Crippen LogP) is 7.85. The number of esters is 1. The zero-order chi connectivity index (χ0) is 36.0. The Balaban J connectivity index is 1.34. The van der Waals surface area contributed by atoms with Crippen LogP contribution in [-0.2, 0) is 61.3 Å². The van der Waals surface area contributed by atoms with Gasteiger partial charge in [0, 0.05) is 6.42 Å². The number of aromatic hydroxyl groups is 1. The fraction of sp³-hybridized carbons (Fsp3) is 0.295. The SMILES string of the molecule is CCOC(=O)c1ccc(C[C@@H]2O[C@H](COCc3ccccc3)[C@@H](OCc3ccccc3)[C@H](OCc3ccccc3)[C@H]2OCc2ccccc2)c(O)c1. The van der Waals surface area contributed by atoms with Crippen molar-refractivity contribution in [1.29, 1.82) is 0 Å². The molecule has 1 fully saturated rings. The molecule has 5 aromatic carbocycles. The normalized spacial score (nSPS) is 20.0. The van der Waals surface area contributed by atoms with Crippen molar-refractivity contribution in [2.45, 2.75) is 70.3 Å². The molecule has 0 unspecified atom stereocenters. The molecule has 0 aliphatic carbocycles. The molecular weight excluding hydrogens is 656 g/mol. The van der Waals surface area contributed by atoms with E-state index in [9.17, 15) is 9.90 Å². The Hall–Kier alpha value is -4.83. The lowest BCUT2D eigenvalue weighted by atomic mass is 9.90. The van der Waals surface area contributed by atoms with Crippen molar-refractivity contribution in [3.8, 4) is 5.75 Å². The number of phenols is 1. The topological polar surface area (TPSA) is 92.7 Å². The van der Waals surface area contributed by atoms with Gasteiger partial charge in [-0.25, -0.2) is 4.79 Å². The smallest absolute Gasteiger partial charge is 0.338 e. The third-order valence-electron chi connectivity index (χ3n) is 9.00. The monoisotopic (exact) mass is 702 g/mol. The van der Waals surface area contributed by atoms with Crippen LogP contribution in [0, 0.1) is 0 Å². The Labute approximate surface area is 305 Å². The standard InChI is InChI=1S/C44H46O8/c1-2-48-44(46)37-24-23-36(38(45)25-37)26-39-41(49-28-33-17-9-4-10-18-33)43(51-30-35-21-13-6-14-22-35)42(50-29-34-19-11-5-12-20-34)40(52-39)31-47-27-32-15-7-3-8-16-32/h3-25,39-43,45H,2,26-31H2,1H3/t39-,40+,41-,42+,43+/m0/s1. The van der Waals surface area contributed by atoms with E-state index in [1.807, 2.05) is 121 Å².